The lowest BCUT2D eigenvalue weighted by Gasteiger charge is -2.15. The van der Waals surface area contributed by atoms with Crippen molar-refractivity contribution in [2.45, 2.75) is 19.0 Å². The van der Waals surface area contributed by atoms with Crippen molar-refractivity contribution < 1.29 is 14.3 Å². The summed E-state index contributed by atoms with van der Waals surface area (Å²) < 4.78 is 12.9. The van der Waals surface area contributed by atoms with Gasteiger partial charge in [0.1, 0.15) is 0 Å². The predicted molar refractivity (Wildman–Crippen MR) is 60.9 cm³/mol. The van der Waals surface area contributed by atoms with Crippen LogP contribution in [-0.2, 0) is 11.3 Å². The number of hydrogen-bond donors (Lipinski definition) is 2. The Hall–Kier alpha value is -1.62. The minimum absolute atomic E-state index is 0.196. The lowest BCUT2D eigenvalue weighted by atomic mass is 10.2. The summed E-state index contributed by atoms with van der Waals surface area (Å²) in [6, 6.07) is 4.56. The number of amides is 1. The van der Waals surface area contributed by atoms with Crippen LogP contribution in [0.1, 0.15) is 12.0 Å². The Morgan fingerprint density at radius 2 is 2.41 bits per heavy atom. The van der Waals surface area contributed by atoms with Gasteiger partial charge in [-0.25, -0.2) is 4.39 Å². The van der Waals surface area contributed by atoms with Crippen molar-refractivity contribution in [3.05, 3.63) is 29.6 Å². The van der Waals surface area contributed by atoms with Crippen LogP contribution in [0.3, 0.4) is 0 Å². The molecule has 1 amide bonds. The van der Waals surface area contributed by atoms with Crippen molar-refractivity contribution >= 4 is 6.41 Å². The molecular formula is C12H15FN2O2. The lowest BCUT2D eigenvalue weighted by molar-refractivity contribution is -0.110. The number of carbonyl (C=O) groups is 1. The fourth-order valence-electron chi connectivity index (χ4n) is 2.12. The van der Waals surface area contributed by atoms with Gasteiger partial charge in [-0.3, -0.25) is 9.69 Å². The first-order chi connectivity index (χ1) is 8.19. The van der Waals surface area contributed by atoms with E-state index in [0.29, 0.717) is 6.54 Å². The fourth-order valence-corrected chi connectivity index (χ4v) is 2.12. The predicted octanol–water partition coefficient (Wildman–Crippen LogP) is 0.852. The summed E-state index contributed by atoms with van der Waals surface area (Å²) in [7, 11) is 0. The number of phenolic OH excluding ortho intramolecular Hbond substituents is 1. The lowest BCUT2D eigenvalue weighted by Crippen LogP contribution is -2.31. The van der Waals surface area contributed by atoms with Crippen molar-refractivity contribution in [3.63, 3.8) is 0 Å². The summed E-state index contributed by atoms with van der Waals surface area (Å²) >= 11 is 0. The van der Waals surface area contributed by atoms with E-state index in [9.17, 15) is 14.3 Å². The molecule has 1 unspecified atom stereocenters. The Bertz CT molecular complexity index is 411. The van der Waals surface area contributed by atoms with Crippen molar-refractivity contribution in [2.75, 3.05) is 13.1 Å². The van der Waals surface area contributed by atoms with E-state index in [1.807, 2.05) is 0 Å². The van der Waals surface area contributed by atoms with Crippen molar-refractivity contribution in [3.8, 4) is 5.75 Å². The van der Waals surface area contributed by atoms with Gasteiger partial charge in [0.15, 0.2) is 11.6 Å². The molecule has 0 saturated carbocycles. The summed E-state index contributed by atoms with van der Waals surface area (Å²) in [6.45, 7) is 2.34. The van der Waals surface area contributed by atoms with Crippen LogP contribution in [-0.4, -0.2) is 35.5 Å². The van der Waals surface area contributed by atoms with Gasteiger partial charge in [0.2, 0.25) is 6.41 Å². The van der Waals surface area contributed by atoms with Crippen LogP contribution in [0.15, 0.2) is 18.2 Å². The SMILES string of the molecule is O=CNC1CCN(Cc2ccc(F)c(O)c2)C1. The maximum Gasteiger partial charge on any atom is 0.207 e. The van der Waals surface area contributed by atoms with E-state index >= 15 is 0 Å². The zero-order valence-corrected chi connectivity index (χ0v) is 9.40. The molecule has 1 aromatic carbocycles. The molecule has 1 fully saturated rings. The zero-order chi connectivity index (χ0) is 12.3. The molecule has 2 N–H and O–H groups in total. The van der Waals surface area contributed by atoms with Crippen LogP contribution in [0.25, 0.3) is 0 Å². The molecule has 1 aliphatic rings. The molecule has 1 atom stereocenters. The first-order valence-corrected chi connectivity index (χ1v) is 5.58. The van der Waals surface area contributed by atoms with E-state index in [0.717, 1.165) is 31.5 Å². The molecular weight excluding hydrogens is 223 g/mol. The highest BCUT2D eigenvalue weighted by molar-refractivity contribution is 5.46. The van der Waals surface area contributed by atoms with Crippen LogP contribution in [0.5, 0.6) is 5.75 Å². The number of hydrogen-bond acceptors (Lipinski definition) is 3. The maximum atomic E-state index is 12.9. The van der Waals surface area contributed by atoms with Crippen molar-refractivity contribution in [1.82, 2.24) is 10.2 Å². The van der Waals surface area contributed by atoms with E-state index in [1.165, 1.54) is 12.1 Å². The Balaban J connectivity index is 1.93. The van der Waals surface area contributed by atoms with E-state index in [4.69, 9.17) is 0 Å². The highest BCUT2D eigenvalue weighted by Gasteiger charge is 2.21. The van der Waals surface area contributed by atoms with Crippen molar-refractivity contribution in [2.24, 2.45) is 0 Å². The number of nitrogens with one attached hydrogen (secondary N) is 1. The van der Waals surface area contributed by atoms with E-state index in [1.54, 1.807) is 6.07 Å². The van der Waals surface area contributed by atoms with Gasteiger partial charge in [0.25, 0.3) is 0 Å². The zero-order valence-electron chi connectivity index (χ0n) is 9.40. The van der Waals surface area contributed by atoms with Crippen LogP contribution in [0, 0.1) is 5.82 Å². The van der Waals surface area contributed by atoms with Crippen LogP contribution in [0.4, 0.5) is 4.39 Å². The third kappa shape index (κ3) is 2.94. The summed E-state index contributed by atoms with van der Waals surface area (Å²) in [5.41, 5.74) is 0.871. The van der Waals surface area contributed by atoms with Crippen molar-refractivity contribution in [1.29, 1.82) is 0 Å². The highest BCUT2D eigenvalue weighted by atomic mass is 19.1. The van der Waals surface area contributed by atoms with Gasteiger partial charge < -0.3 is 10.4 Å². The first-order valence-electron chi connectivity index (χ1n) is 5.58. The van der Waals surface area contributed by atoms with Gasteiger partial charge in [-0.2, -0.15) is 0 Å². The topological polar surface area (TPSA) is 52.6 Å². The number of carbonyl (C=O) groups excluding carboxylic acids is 1. The monoisotopic (exact) mass is 238 g/mol. The smallest absolute Gasteiger partial charge is 0.207 e. The maximum absolute atomic E-state index is 12.9. The number of phenols is 1. The molecule has 17 heavy (non-hydrogen) atoms. The minimum atomic E-state index is -0.601. The van der Waals surface area contributed by atoms with Crippen LogP contribution < -0.4 is 5.32 Å². The second-order valence-corrected chi connectivity index (χ2v) is 4.29. The molecule has 0 aliphatic carbocycles. The van der Waals surface area contributed by atoms with Gasteiger partial charge in [0.05, 0.1) is 0 Å². The number of halogens is 1. The van der Waals surface area contributed by atoms with Crippen LogP contribution in [0.2, 0.25) is 0 Å². The van der Waals surface area contributed by atoms with Gasteiger partial charge in [0, 0.05) is 25.7 Å². The third-order valence-corrected chi connectivity index (χ3v) is 2.99. The third-order valence-electron chi connectivity index (χ3n) is 2.99. The standard InChI is InChI=1S/C12H15FN2O2/c13-11-2-1-9(5-12(11)17)6-15-4-3-10(7-15)14-8-16/h1-2,5,8,10,17H,3-4,6-7H2,(H,14,16). The molecule has 0 radical (unpaired) electrons. The quantitative estimate of drug-likeness (QED) is 0.765. The summed E-state index contributed by atoms with van der Waals surface area (Å²) in [5.74, 6) is -0.917. The molecule has 1 aliphatic heterocycles. The summed E-state index contributed by atoms with van der Waals surface area (Å²) in [5, 5.41) is 12.0. The van der Waals surface area contributed by atoms with E-state index in [2.05, 4.69) is 10.2 Å². The van der Waals surface area contributed by atoms with Gasteiger partial charge >= 0.3 is 0 Å². The average molecular weight is 238 g/mol. The van der Waals surface area contributed by atoms with Crippen LogP contribution >= 0.6 is 0 Å². The molecule has 4 nitrogen and oxygen atoms in total. The first kappa shape index (κ1) is 11.9. The Labute approximate surface area is 99.0 Å². The molecule has 1 heterocycles. The molecule has 1 aromatic rings. The molecule has 5 heteroatoms. The van der Waals surface area contributed by atoms with Gasteiger partial charge in [-0.1, -0.05) is 6.07 Å². The largest absolute Gasteiger partial charge is 0.505 e. The van der Waals surface area contributed by atoms with Gasteiger partial charge in [-0.05, 0) is 24.1 Å². The number of rotatable bonds is 4. The molecule has 2 rings (SSSR count). The number of aromatic hydroxyl groups is 1. The van der Waals surface area contributed by atoms with Gasteiger partial charge in [-0.15, -0.1) is 0 Å². The molecule has 92 valence electrons. The molecule has 0 bridgehead atoms. The van der Waals surface area contributed by atoms with E-state index < -0.39 is 5.82 Å². The van der Waals surface area contributed by atoms with E-state index in [-0.39, 0.29) is 11.8 Å². The second-order valence-electron chi connectivity index (χ2n) is 4.29. The summed E-state index contributed by atoms with van der Waals surface area (Å²) in [6.07, 6.45) is 1.64. The Morgan fingerprint density at radius 3 is 3.12 bits per heavy atom. The number of nitrogens with zero attached hydrogens (tertiary/aromatic N) is 1. The highest BCUT2D eigenvalue weighted by Crippen LogP contribution is 2.19. The summed E-state index contributed by atoms with van der Waals surface area (Å²) in [4.78, 5) is 12.5. The minimum Gasteiger partial charge on any atom is -0.505 e. The second kappa shape index (κ2) is 5.14. The average Bonchev–Trinajstić information content (AvgIpc) is 2.72. The molecule has 1 saturated heterocycles. The Kier molecular flexibility index (Phi) is 3.58. The molecule has 0 spiro atoms. The fraction of sp³-hybridized carbons (Fsp3) is 0.417. The Morgan fingerprint density at radius 1 is 1.59 bits per heavy atom. The normalized spacial score (nSPS) is 20.4. The number of benzene rings is 1. The number of likely N-dealkylation sites (tertiary alicyclic amines) is 1. The molecule has 0 aromatic heterocycles.